The molecular formula is C50H45F2LiN2O13S2. The molecule has 70 heavy (non-hydrogen) atoms. The van der Waals surface area contributed by atoms with Crippen molar-refractivity contribution >= 4 is 65.3 Å². The molecule has 15 nitrogen and oxygen atoms in total. The number of benzene rings is 6. The number of hydrogen-bond acceptors (Lipinski definition) is 12. The number of rotatable bonds is 15. The molecule has 0 aliphatic heterocycles. The van der Waals surface area contributed by atoms with Crippen molar-refractivity contribution in [3.05, 3.63) is 156 Å². The van der Waals surface area contributed by atoms with Crippen LogP contribution in [0.15, 0.2) is 142 Å². The summed E-state index contributed by atoms with van der Waals surface area (Å²) in [6.45, 7) is 0.646. The predicted molar refractivity (Wildman–Crippen MR) is 257 cm³/mol. The van der Waals surface area contributed by atoms with E-state index in [-0.39, 0.29) is 94.6 Å². The molecule has 0 saturated carbocycles. The number of ether oxygens (including phenoxy) is 1. The molecule has 0 radical (unpaired) electrons. The van der Waals surface area contributed by atoms with Crippen LogP contribution in [0.5, 0.6) is 0 Å². The van der Waals surface area contributed by atoms with Gasteiger partial charge in [-0.05, 0) is 78.7 Å². The zero-order valence-corrected chi connectivity index (χ0v) is 39.8. The van der Waals surface area contributed by atoms with Gasteiger partial charge in [0.1, 0.15) is 45.4 Å². The van der Waals surface area contributed by atoms with Crippen molar-refractivity contribution in [2.24, 2.45) is 0 Å². The van der Waals surface area contributed by atoms with Gasteiger partial charge in [0.05, 0.1) is 56.8 Å². The van der Waals surface area contributed by atoms with E-state index >= 15 is 0 Å². The number of anilines is 2. The van der Waals surface area contributed by atoms with Gasteiger partial charge in [0.25, 0.3) is 0 Å². The molecule has 0 amide bonds. The van der Waals surface area contributed by atoms with Gasteiger partial charge in [-0.15, -0.1) is 0 Å². The molecule has 20 heteroatoms. The number of fused-ring (bicyclic) bond motifs is 2. The molecule has 0 spiro atoms. The summed E-state index contributed by atoms with van der Waals surface area (Å²) < 4.78 is 96.6. The molecule has 2 aromatic heterocycles. The number of sulfonamides is 2. The van der Waals surface area contributed by atoms with Gasteiger partial charge in [0, 0.05) is 45.2 Å². The molecule has 0 unspecified atom stereocenters. The number of hydrogen-bond donors (Lipinski definition) is 3. The fourth-order valence-corrected chi connectivity index (χ4v) is 9.56. The van der Waals surface area contributed by atoms with Crippen LogP contribution in [0.1, 0.15) is 27.6 Å². The normalized spacial score (nSPS) is 11.2. The second-order valence-corrected chi connectivity index (χ2v) is 19.0. The van der Waals surface area contributed by atoms with Gasteiger partial charge in [0.2, 0.25) is 20.0 Å². The van der Waals surface area contributed by atoms with Gasteiger partial charge in [-0.1, -0.05) is 60.7 Å². The maximum absolute atomic E-state index is 13.5. The monoisotopic (exact) mass is 990 g/mol. The van der Waals surface area contributed by atoms with Gasteiger partial charge in [-0.3, -0.25) is 8.61 Å². The van der Waals surface area contributed by atoms with E-state index in [0.29, 0.717) is 38.8 Å². The van der Waals surface area contributed by atoms with Crippen molar-refractivity contribution in [2.45, 2.75) is 6.92 Å². The fourth-order valence-electron chi connectivity index (χ4n) is 7.71. The molecule has 0 fully saturated rings. The summed E-state index contributed by atoms with van der Waals surface area (Å²) in [6, 6.07) is 34.9. The van der Waals surface area contributed by atoms with Crippen molar-refractivity contribution in [3.8, 4) is 44.9 Å². The number of aliphatic hydroxyl groups is 2. The number of carboxylic acids is 1. The van der Waals surface area contributed by atoms with E-state index in [1.807, 2.05) is 30.3 Å². The van der Waals surface area contributed by atoms with Crippen LogP contribution in [0.4, 0.5) is 20.2 Å². The van der Waals surface area contributed by atoms with Crippen LogP contribution in [0, 0.1) is 11.6 Å². The number of aromatic carboxylic acids is 1. The van der Waals surface area contributed by atoms with E-state index in [1.165, 1.54) is 60.7 Å². The molecule has 0 saturated heterocycles. The number of carbonyl (C=O) groups is 2. The summed E-state index contributed by atoms with van der Waals surface area (Å²) in [7, 11) is -7.55. The minimum atomic E-state index is -3.78. The first-order valence-electron chi connectivity index (χ1n) is 20.9. The second-order valence-electron chi connectivity index (χ2n) is 15.2. The van der Waals surface area contributed by atoms with Crippen LogP contribution in [0.2, 0.25) is 0 Å². The first-order chi connectivity index (χ1) is 32.4. The molecule has 0 aliphatic carbocycles. The van der Waals surface area contributed by atoms with Gasteiger partial charge < -0.3 is 34.4 Å². The molecule has 8 aromatic rings. The quantitative estimate of drug-likeness (QED) is 0.0787. The molecule has 0 aliphatic rings. The van der Waals surface area contributed by atoms with Crippen molar-refractivity contribution in [1.29, 1.82) is 0 Å². The van der Waals surface area contributed by atoms with Crippen molar-refractivity contribution in [1.82, 2.24) is 0 Å². The Kier molecular flexibility index (Phi) is 17.6. The Morgan fingerprint density at radius 3 is 1.30 bits per heavy atom. The number of aliphatic hydroxyl groups excluding tert-OH is 2. The minimum absolute atomic E-state index is 0. The van der Waals surface area contributed by atoms with Gasteiger partial charge in [-0.25, -0.2) is 35.2 Å². The van der Waals surface area contributed by atoms with Crippen LogP contribution in [-0.2, 0) is 24.8 Å². The van der Waals surface area contributed by atoms with E-state index in [4.69, 9.17) is 13.6 Å². The maximum Gasteiger partial charge on any atom is 1.00 e. The van der Waals surface area contributed by atoms with E-state index < -0.39 is 56.8 Å². The van der Waals surface area contributed by atoms with Crippen LogP contribution < -0.4 is 27.5 Å². The van der Waals surface area contributed by atoms with Crippen LogP contribution in [0.25, 0.3) is 66.8 Å². The number of furan rings is 2. The molecule has 4 N–H and O–H groups in total. The van der Waals surface area contributed by atoms with Crippen LogP contribution in [-0.4, -0.2) is 95.0 Å². The molecule has 6 aromatic carbocycles. The number of nitrogens with zero attached hydrogens (tertiary/aromatic N) is 2. The summed E-state index contributed by atoms with van der Waals surface area (Å²) >= 11 is 0. The standard InChI is InChI=1S/C26H24FNO6S.C24H20FNO6S.Li.H2O/c1-3-33-26(30)24-21-15-20(17-7-5-4-6-8-17)22(28(13-14-29)35(2,31)32)16-23(21)34-25(24)18-9-11-19(27)12-10-18;1-33(30,31)26(11-12-27)20-14-21-19(13-18(20)15-5-3-2-4-6-15)22(24(28)29)23(32-21)16-7-9-17(25)10-8-16;;/h4-12,15-16,29H,3,13-14H2,1-2H3;2-10,13-14,27H,11-12H2,1H3,(H,28,29);;1H2/q;;+1;/p-1. The Bertz CT molecular complexity index is 3350. The third-order valence-corrected chi connectivity index (χ3v) is 13.0. The second kappa shape index (κ2) is 22.7. The maximum atomic E-state index is 13.5. The first-order valence-corrected chi connectivity index (χ1v) is 24.6. The Morgan fingerprint density at radius 2 is 0.957 bits per heavy atom. The fraction of sp³-hybridized carbons (Fsp3) is 0.160. The van der Waals surface area contributed by atoms with E-state index in [9.17, 15) is 50.5 Å². The minimum Gasteiger partial charge on any atom is -0.870 e. The molecular weight excluding hydrogens is 946 g/mol. The SMILES string of the molecule is CCOC(=O)c1c(-c2ccc(F)cc2)oc2cc(N(CCO)S(C)(=O)=O)c(-c3ccccc3)cc12.CS(=O)(=O)N(CCO)c1cc2oc(-c3ccc(F)cc3)c(C(=O)O)c2cc1-c1ccccc1.[Li+].[OH-]. The Morgan fingerprint density at radius 1 is 0.586 bits per heavy atom. The summed E-state index contributed by atoms with van der Waals surface area (Å²) in [5, 5.41) is 29.7. The summed E-state index contributed by atoms with van der Waals surface area (Å²) in [5.41, 5.74) is 4.12. The average molecular weight is 991 g/mol. The molecule has 8 rings (SSSR count). The van der Waals surface area contributed by atoms with Crippen molar-refractivity contribution in [3.63, 3.8) is 0 Å². The third-order valence-electron chi connectivity index (χ3n) is 10.6. The summed E-state index contributed by atoms with van der Waals surface area (Å²) in [4.78, 5) is 25.2. The first kappa shape index (κ1) is 54.1. The smallest absolute Gasteiger partial charge is 0.870 e. The topological polar surface area (TPSA) is 235 Å². The number of esters is 1. The average Bonchev–Trinajstić information content (AvgIpc) is 3.88. The van der Waals surface area contributed by atoms with Gasteiger partial charge >= 0.3 is 30.8 Å². The zero-order valence-electron chi connectivity index (χ0n) is 38.2. The number of carbonyl (C=O) groups excluding carboxylic acids is 1. The Balaban J connectivity index is 0.000000254. The largest absolute Gasteiger partial charge is 1.00 e. The third kappa shape index (κ3) is 11.6. The van der Waals surface area contributed by atoms with E-state index in [2.05, 4.69) is 0 Å². The number of halogens is 2. The zero-order chi connectivity index (χ0) is 48.9. The predicted octanol–water partition coefficient (Wildman–Crippen LogP) is 6.03. The van der Waals surface area contributed by atoms with Gasteiger partial charge in [-0.2, -0.15) is 0 Å². The van der Waals surface area contributed by atoms with E-state index in [1.54, 1.807) is 49.4 Å². The molecule has 0 bridgehead atoms. The van der Waals surface area contributed by atoms with Crippen molar-refractivity contribution < 1.29 is 88.4 Å². The number of carboxylic acid groups (broad SMARTS) is 1. The Labute approximate surface area is 413 Å². The van der Waals surface area contributed by atoms with Crippen molar-refractivity contribution in [2.75, 3.05) is 54.0 Å². The summed E-state index contributed by atoms with van der Waals surface area (Å²) in [6.07, 6.45) is 2.08. The molecule has 0 atom stereocenters. The van der Waals surface area contributed by atoms with Crippen LogP contribution in [0.3, 0.4) is 0 Å². The van der Waals surface area contributed by atoms with E-state index in [0.717, 1.165) is 21.1 Å². The molecule has 2 heterocycles. The Hall–Kier alpha value is -6.82. The van der Waals surface area contributed by atoms with Crippen LogP contribution >= 0.6 is 0 Å². The molecule has 360 valence electrons. The van der Waals surface area contributed by atoms with Gasteiger partial charge in [0.15, 0.2) is 0 Å². The summed E-state index contributed by atoms with van der Waals surface area (Å²) in [5.74, 6) is -2.57.